The van der Waals surface area contributed by atoms with E-state index in [1.807, 2.05) is 69.2 Å². The normalized spacial score (nSPS) is 43.8. The molecule has 0 amide bonds. The van der Waals surface area contributed by atoms with Crippen LogP contribution in [0.3, 0.4) is 0 Å². The first-order chi connectivity index (χ1) is 43.8. The van der Waals surface area contributed by atoms with E-state index in [2.05, 4.69) is 15.9 Å². The van der Waals surface area contributed by atoms with Gasteiger partial charge in [0, 0.05) is 84.0 Å². The fourth-order valence-corrected chi connectivity index (χ4v) is 14.0. The Labute approximate surface area is 554 Å². The lowest BCUT2D eigenvalue weighted by Gasteiger charge is -2.51. The number of alkyl halides is 1. The molecule has 0 aliphatic carbocycles. The van der Waals surface area contributed by atoms with Crippen LogP contribution in [0.1, 0.15) is 132 Å². The van der Waals surface area contributed by atoms with Crippen LogP contribution in [0, 0.1) is 71.0 Å². The molecule has 0 aromatic heterocycles. The molecule has 0 aromatic carbocycles. The molecule has 12 unspecified atom stereocenters. The molecule has 0 aromatic rings. The van der Waals surface area contributed by atoms with Gasteiger partial charge in [0.2, 0.25) is 0 Å². The maximum absolute atomic E-state index is 13.6. The standard InChI is InChI=1S/C65H103BrO27/c1-27-20-75-60(53(30(27)4)81-40(14)68)78-23-46-33(7)34(8)56(84-43(17)71)63(88-46)92-51-37(11)58(86-45(19)73)65(90-48(51)25-79-61-54(82-41(15)69)31(5)28(2)21-76-61)93-52-38(12)57(85-44(18)72)64(91-50-35(9)36(10)59(66)87-47(50)24-74-39(13)67)89-49(52)26-80-62-55(83-42(16)70)32(6)29(3)22-77-62/h27-38,46-65H,20-26H2,1-19H3/t27-,28-,29-,30+,31?,32+,33+,34+,35-,36?,37+,38+,46?,47?,48?,49?,50+,51+,52+,53?,54?,55?,56?,57?,58?,59+,60-,61-,62-,63+,64+,65+/m1/s1. The van der Waals surface area contributed by atoms with Crippen molar-refractivity contribution in [2.24, 2.45) is 71.0 Å². The summed E-state index contributed by atoms with van der Waals surface area (Å²) in [6.45, 7) is 31.9. The van der Waals surface area contributed by atoms with Crippen LogP contribution in [0.5, 0.6) is 0 Å². The minimum Gasteiger partial charge on any atom is -0.463 e. The zero-order chi connectivity index (χ0) is 68.6. The summed E-state index contributed by atoms with van der Waals surface area (Å²) >= 11 is 3.62. The Morgan fingerprint density at radius 3 is 0.892 bits per heavy atom. The second-order valence-electron chi connectivity index (χ2n) is 27.0. The van der Waals surface area contributed by atoms with Gasteiger partial charge in [-0.15, -0.1) is 0 Å². The Bertz CT molecular complexity index is 2490. The third kappa shape index (κ3) is 19.5. The lowest BCUT2D eigenvalue weighted by Crippen LogP contribution is -2.64. The molecule has 7 saturated heterocycles. The number of carbonyl (C=O) groups excluding carboxylic acids is 7. The zero-order valence-electron chi connectivity index (χ0n) is 57.3. The van der Waals surface area contributed by atoms with Gasteiger partial charge in [0.1, 0.15) is 29.9 Å². The second kappa shape index (κ2) is 34.2. The largest absolute Gasteiger partial charge is 0.463 e. The SMILES string of the molecule is CC(=O)OCC1O[C@H](Br)C(C)[C@@H](C)[C@@H]1O[C@@H]1OC(CO[C@H]2OC[C@@H](C)[C@H](C)C2OC(C)=O)[C@@H](O[C@@H]2OC(CO[C@H]3OC[C@@H](C)C(C)C3OC(C)=O)[C@@H](O[C@@H]3OC(CO[C@H]4OC[C@@H](C)[C@H](C)C4OC(C)=O)[C@@H](C)[C@H](C)C3OC(C)=O)[C@H](C)C2OC(C)=O)[C@H](C)C1OC(C)=O. The molecular weight excluding hydrogens is 1290 g/mol. The molecule has 532 valence electrons. The van der Waals surface area contributed by atoms with Gasteiger partial charge in [-0.05, 0) is 35.5 Å². The van der Waals surface area contributed by atoms with E-state index in [1.54, 1.807) is 13.8 Å². The summed E-state index contributed by atoms with van der Waals surface area (Å²) in [5, 5.41) is -0.443. The molecule has 0 bridgehead atoms. The molecular formula is C65H103BrO27. The minimum absolute atomic E-state index is 0.0192. The Kier molecular flexibility index (Phi) is 28.1. The lowest BCUT2D eigenvalue weighted by atomic mass is 9.83. The van der Waals surface area contributed by atoms with Crippen molar-refractivity contribution >= 4 is 57.7 Å². The highest BCUT2D eigenvalue weighted by Crippen LogP contribution is 2.44. The molecule has 7 rings (SSSR count). The van der Waals surface area contributed by atoms with Crippen LogP contribution in [0.4, 0.5) is 0 Å². The van der Waals surface area contributed by atoms with Crippen molar-refractivity contribution in [2.75, 3.05) is 46.2 Å². The van der Waals surface area contributed by atoms with Crippen LogP contribution in [-0.4, -0.2) is 210 Å². The van der Waals surface area contributed by atoms with Gasteiger partial charge in [-0.3, -0.25) is 33.6 Å². The highest BCUT2D eigenvalue weighted by Gasteiger charge is 2.57. The molecule has 0 spiro atoms. The predicted molar refractivity (Wildman–Crippen MR) is 325 cm³/mol. The van der Waals surface area contributed by atoms with E-state index in [1.165, 1.54) is 48.5 Å². The summed E-state index contributed by atoms with van der Waals surface area (Å²) in [7, 11) is 0. The third-order valence-corrected chi connectivity index (χ3v) is 21.0. The van der Waals surface area contributed by atoms with Crippen molar-refractivity contribution in [3.8, 4) is 0 Å². The van der Waals surface area contributed by atoms with Crippen molar-refractivity contribution in [1.29, 1.82) is 0 Å². The Morgan fingerprint density at radius 1 is 0.301 bits per heavy atom. The van der Waals surface area contributed by atoms with Crippen molar-refractivity contribution in [3.05, 3.63) is 0 Å². The minimum atomic E-state index is -1.53. The van der Waals surface area contributed by atoms with E-state index >= 15 is 0 Å². The zero-order valence-corrected chi connectivity index (χ0v) is 58.9. The van der Waals surface area contributed by atoms with Crippen molar-refractivity contribution in [1.82, 2.24) is 0 Å². The van der Waals surface area contributed by atoms with E-state index in [4.69, 9.17) is 94.7 Å². The maximum Gasteiger partial charge on any atom is 0.303 e. The van der Waals surface area contributed by atoms with E-state index in [0.717, 1.165) is 0 Å². The third-order valence-electron chi connectivity index (χ3n) is 19.9. The fourth-order valence-electron chi connectivity index (χ4n) is 13.2. The number of hydrogen-bond acceptors (Lipinski definition) is 27. The van der Waals surface area contributed by atoms with E-state index in [0.29, 0.717) is 6.61 Å². The smallest absolute Gasteiger partial charge is 0.303 e. The monoisotopic (exact) mass is 1390 g/mol. The van der Waals surface area contributed by atoms with Crippen molar-refractivity contribution in [3.63, 3.8) is 0 Å². The fraction of sp³-hybridized carbons (Fsp3) is 0.892. The van der Waals surface area contributed by atoms with E-state index in [9.17, 15) is 33.6 Å². The summed E-state index contributed by atoms with van der Waals surface area (Å²) in [5.74, 6) is -7.64. The average Bonchev–Trinajstić information content (AvgIpc) is 0.789. The summed E-state index contributed by atoms with van der Waals surface area (Å²) in [6, 6.07) is 0. The molecule has 28 heteroatoms. The summed E-state index contributed by atoms with van der Waals surface area (Å²) < 4.78 is 128. The van der Waals surface area contributed by atoms with E-state index in [-0.39, 0.29) is 92.9 Å². The highest BCUT2D eigenvalue weighted by molar-refractivity contribution is 9.09. The molecule has 7 aliphatic rings. The van der Waals surface area contributed by atoms with Gasteiger partial charge in [0.25, 0.3) is 0 Å². The highest BCUT2D eigenvalue weighted by atomic mass is 79.9. The molecule has 0 saturated carbocycles. The van der Waals surface area contributed by atoms with Crippen LogP contribution >= 0.6 is 15.9 Å². The predicted octanol–water partition coefficient (Wildman–Crippen LogP) is 6.34. The number of halogens is 1. The molecule has 7 aliphatic heterocycles. The maximum atomic E-state index is 13.6. The lowest BCUT2D eigenvalue weighted by molar-refractivity contribution is -0.379. The first-order valence-electron chi connectivity index (χ1n) is 32.8. The number of carbonyl (C=O) groups is 7. The van der Waals surface area contributed by atoms with Crippen LogP contribution in [-0.2, 0) is 128 Å². The topological polar surface area (TPSA) is 304 Å². The average molecular weight is 1400 g/mol. The summed E-state index contributed by atoms with van der Waals surface area (Å²) in [6.07, 6.45) is -20.5. The van der Waals surface area contributed by atoms with Gasteiger partial charge in [0.15, 0.2) is 74.4 Å². The van der Waals surface area contributed by atoms with Crippen LogP contribution in [0.15, 0.2) is 0 Å². The van der Waals surface area contributed by atoms with Gasteiger partial charge >= 0.3 is 41.8 Å². The van der Waals surface area contributed by atoms with Crippen LogP contribution in [0.2, 0.25) is 0 Å². The molecule has 93 heavy (non-hydrogen) atoms. The number of rotatable bonds is 23. The second-order valence-corrected chi connectivity index (χ2v) is 27.9. The van der Waals surface area contributed by atoms with Crippen molar-refractivity contribution < 1.29 is 128 Å². The van der Waals surface area contributed by atoms with Gasteiger partial charge in [-0.2, -0.15) is 0 Å². The van der Waals surface area contributed by atoms with Gasteiger partial charge in [0.05, 0.1) is 64.1 Å². The van der Waals surface area contributed by atoms with Crippen LogP contribution < -0.4 is 0 Å². The molecule has 32 atom stereocenters. The van der Waals surface area contributed by atoms with Crippen LogP contribution in [0.25, 0.3) is 0 Å². The Balaban J connectivity index is 1.28. The molecule has 7 fully saturated rings. The molecule has 0 N–H and O–H groups in total. The number of ether oxygens (including phenoxy) is 20. The first-order valence-corrected chi connectivity index (χ1v) is 33.8. The number of esters is 7. The van der Waals surface area contributed by atoms with Gasteiger partial charge < -0.3 is 94.7 Å². The van der Waals surface area contributed by atoms with Gasteiger partial charge in [-0.1, -0.05) is 99.0 Å². The van der Waals surface area contributed by atoms with Gasteiger partial charge in [-0.25, -0.2) is 0 Å². The quantitative estimate of drug-likeness (QED) is 0.0612. The Hall–Kier alpha value is -3.75. The van der Waals surface area contributed by atoms with E-state index < -0.39 is 182 Å². The Morgan fingerprint density at radius 2 is 0.570 bits per heavy atom. The molecule has 0 radical (unpaired) electrons. The molecule has 7 heterocycles. The number of hydrogen-bond donors (Lipinski definition) is 0. The van der Waals surface area contributed by atoms with Crippen molar-refractivity contribution in [2.45, 2.75) is 254 Å². The summed E-state index contributed by atoms with van der Waals surface area (Å²) in [5.41, 5.74) is 0. The first kappa shape index (κ1) is 76.6. The molecule has 27 nitrogen and oxygen atoms in total. The summed E-state index contributed by atoms with van der Waals surface area (Å²) in [4.78, 5) is 89.7.